The fraction of sp³-hybridized carbons (Fsp3) is 0.857. The number of allylic oxidation sites excluding steroid dienone is 1. The molecule has 5 atom stereocenters. The third-order valence-electron chi connectivity index (χ3n) is 10.5. The van der Waals surface area contributed by atoms with Crippen LogP contribution < -0.4 is 0 Å². The van der Waals surface area contributed by atoms with E-state index in [0.29, 0.717) is 34.4 Å². The van der Waals surface area contributed by atoms with E-state index in [2.05, 4.69) is 69.2 Å². The second kappa shape index (κ2) is 8.48. The molecule has 2 fully saturated rings. The lowest BCUT2D eigenvalue weighted by Crippen LogP contribution is -2.66. The van der Waals surface area contributed by atoms with Crippen LogP contribution in [0.5, 0.6) is 0 Å². The van der Waals surface area contributed by atoms with E-state index in [1.165, 1.54) is 11.9 Å². The zero-order valence-electron chi connectivity index (χ0n) is 22.4. The highest BCUT2D eigenvalue weighted by Gasteiger charge is 2.64. The van der Waals surface area contributed by atoms with Gasteiger partial charge in [-0.15, -0.1) is 0 Å². The minimum absolute atomic E-state index is 0.178. The Morgan fingerprint density at radius 3 is 2.00 bits per heavy atom. The molecule has 2 bridgehead atoms. The molecule has 0 heterocycles. The molecular weight excluding hydrogens is 412 g/mol. The summed E-state index contributed by atoms with van der Waals surface area (Å²) >= 11 is 0. The van der Waals surface area contributed by atoms with Crippen molar-refractivity contribution < 1.29 is 14.0 Å². The van der Waals surface area contributed by atoms with Crippen LogP contribution in [0, 0.1) is 28.6 Å². The van der Waals surface area contributed by atoms with Gasteiger partial charge in [-0.2, -0.15) is 0 Å². The molecule has 0 N–H and O–H groups in total. The van der Waals surface area contributed by atoms with Crippen LogP contribution in [0.1, 0.15) is 101 Å². The highest BCUT2D eigenvalue weighted by atomic mass is 28.4. The van der Waals surface area contributed by atoms with Crippen molar-refractivity contribution in [3.05, 3.63) is 11.1 Å². The SMILES string of the molecule is CC1=C(C=O)C(C)(C)[C@@H]2C[C@@H]3[C@H](CCC[C@]3(C)C=O)[C@@]1(O[Si](C(C)C)(C(C)C)C(C)C)C2. The van der Waals surface area contributed by atoms with E-state index in [1.807, 2.05) is 0 Å². The average molecular weight is 461 g/mol. The van der Waals surface area contributed by atoms with Gasteiger partial charge in [0.05, 0.1) is 5.60 Å². The minimum atomic E-state index is -2.21. The molecule has 0 radical (unpaired) electrons. The summed E-state index contributed by atoms with van der Waals surface area (Å²) in [6.45, 7) is 23.0. The molecule has 0 aromatic rings. The molecule has 0 spiro atoms. The predicted molar refractivity (Wildman–Crippen MR) is 135 cm³/mol. The quantitative estimate of drug-likeness (QED) is 0.292. The summed E-state index contributed by atoms with van der Waals surface area (Å²) in [4.78, 5) is 24.9. The van der Waals surface area contributed by atoms with E-state index in [9.17, 15) is 9.59 Å². The Hall–Kier alpha value is -0.743. The molecule has 3 rings (SSSR count). The van der Waals surface area contributed by atoms with E-state index < -0.39 is 13.9 Å². The van der Waals surface area contributed by atoms with Gasteiger partial charge in [0.15, 0.2) is 0 Å². The Morgan fingerprint density at radius 2 is 1.53 bits per heavy atom. The maximum atomic E-state index is 12.5. The van der Waals surface area contributed by atoms with Gasteiger partial charge in [-0.3, -0.25) is 4.79 Å². The lowest BCUT2D eigenvalue weighted by atomic mass is 9.45. The average Bonchev–Trinajstić information content (AvgIpc) is 2.70. The fourth-order valence-electron chi connectivity index (χ4n) is 8.61. The standard InChI is InChI=1S/C28H48O3Si/c1-18(2)32(19(3)4,20(5)6)31-28-15-22(26(8,9)25(16-29)21(28)7)14-24-23(28)12-11-13-27(24,10)17-30/h16-20,22-24H,11-15H2,1-10H3/t22-,23+,24-,27-,28-/m1/s1. The first-order valence-corrected chi connectivity index (χ1v) is 15.2. The van der Waals surface area contributed by atoms with Gasteiger partial charge in [0.1, 0.15) is 12.6 Å². The van der Waals surface area contributed by atoms with Crippen molar-refractivity contribution in [1.29, 1.82) is 0 Å². The lowest BCUT2D eigenvalue weighted by molar-refractivity contribution is -0.149. The van der Waals surface area contributed by atoms with Crippen molar-refractivity contribution in [3.63, 3.8) is 0 Å². The largest absolute Gasteiger partial charge is 0.407 e. The number of fused-ring (bicyclic) bond motifs is 4. The third-order valence-corrected chi connectivity index (χ3v) is 16.6. The van der Waals surface area contributed by atoms with Gasteiger partial charge < -0.3 is 9.22 Å². The van der Waals surface area contributed by atoms with Crippen LogP contribution in [-0.4, -0.2) is 26.5 Å². The molecular formula is C28H48O3Si. The summed E-state index contributed by atoms with van der Waals surface area (Å²) in [5.74, 6) is 1.01. The fourth-order valence-corrected chi connectivity index (χ4v) is 14.3. The predicted octanol–water partition coefficient (Wildman–Crippen LogP) is 7.50. The van der Waals surface area contributed by atoms with Crippen LogP contribution in [0.15, 0.2) is 11.1 Å². The number of hydrogen-bond acceptors (Lipinski definition) is 3. The number of rotatable bonds is 7. The smallest absolute Gasteiger partial charge is 0.201 e. The van der Waals surface area contributed by atoms with Crippen LogP contribution in [0.2, 0.25) is 16.6 Å². The number of hydrogen-bond donors (Lipinski definition) is 0. The van der Waals surface area contributed by atoms with Crippen molar-refractivity contribution in [3.8, 4) is 0 Å². The molecule has 0 aromatic carbocycles. The summed E-state index contributed by atoms with van der Waals surface area (Å²) in [6, 6.07) is 0. The molecule has 2 saturated carbocycles. The van der Waals surface area contributed by atoms with E-state index in [0.717, 1.165) is 44.0 Å². The van der Waals surface area contributed by atoms with Gasteiger partial charge in [-0.05, 0) is 83.5 Å². The van der Waals surface area contributed by atoms with Crippen molar-refractivity contribution in [2.24, 2.45) is 28.6 Å². The van der Waals surface area contributed by atoms with Gasteiger partial charge in [0.2, 0.25) is 8.32 Å². The molecule has 182 valence electrons. The molecule has 0 amide bonds. The van der Waals surface area contributed by atoms with E-state index >= 15 is 0 Å². The van der Waals surface area contributed by atoms with Gasteiger partial charge in [0, 0.05) is 5.41 Å². The molecule has 3 aliphatic rings. The zero-order chi connectivity index (χ0) is 24.3. The Morgan fingerprint density at radius 1 is 0.969 bits per heavy atom. The zero-order valence-corrected chi connectivity index (χ0v) is 23.4. The van der Waals surface area contributed by atoms with Crippen LogP contribution in [-0.2, 0) is 14.0 Å². The van der Waals surface area contributed by atoms with E-state index in [-0.39, 0.29) is 10.8 Å². The van der Waals surface area contributed by atoms with Crippen molar-refractivity contribution >= 4 is 20.9 Å². The molecule has 3 nitrogen and oxygen atoms in total. The summed E-state index contributed by atoms with van der Waals surface area (Å²) in [6.07, 6.45) is 7.56. The van der Waals surface area contributed by atoms with Crippen LogP contribution in [0.3, 0.4) is 0 Å². The second-order valence-corrected chi connectivity index (χ2v) is 18.4. The van der Waals surface area contributed by atoms with Crippen molar-refractivity contribution in [1.82, 2.24) is 0 Å². The lowest BCUT2D eigenvalue weighted by Gasteiger charge is -2.65. The molecule has 0 unspecified atom stereocenters. The maximum Gasteiger partial charge on any atom is 0.201 e. The highest BCUT2D eigenvalue weighted by Crippen LogP contribution is 2.66. The van der Waals surface area contributed by atoms with Gasteiger partial charge >= 0.3 is 0 Å². The first-order valence-electron chi connectivity index (χ1n) is 13.1. The summed E-state index contributed by atoms with van der Waals surface area (Å²) < 4.78 is 7.77. The van der Waals surface area contributed by atoms with E-state index in [1.54, 1.807) is 0 Å². The first kappa shape index (κ1) is 25.9. The molecule has 0 aromatic heterocycles. The molecule has 0 saturated heterocycles. The van der Waals surface area contributed by atoms with Gasteiger partial charge in [-0.1, -0.05) is 68.7 Å². The summed E-state index contributed by atoms with van der Waals surface area (Å²) in [7, 11) is -2.21. The monoisotopic (exact) mass is 460 g/mol. The summed E-state index contributed by atoms with van der Waals surface area (Å²) in [5, 5.41) is 0. The Balaban J connectivity index is 2.31. The molecule has 3 aliphatic carbocycles. The summed E-state index contributed by atoms with van der Waals surface area (Å²) in [5.41, 5.74) is 2.72. The Kier molecular flexibility index (Phi) is 6.86. The second-order valence-electron chi connectivity index (χ2n) is 13.1. The minimum Gasteiger partial charge on any atom is -0.407 e. The number of carbonyl (C=O) groups is 2. The van der Waals surface area contributed by atoms with Crippen LogP contribution in [0.25, 0.3) is 0 Å². The molecule has 0 aliphatic heterocycles. The van der Waals surface area contributed by atoms with Crippen LogP contribution in [0.4, 0.5) is 0 Å². The van der Waals surface area contributed by atoms with Gasteiger partial charge in [-0.25, -0.2) is 0 Å². The molecule has 32 heavy (non-hydrogen) atoms. The van der Waals surface area contributed by atoms with Crippen molar-refractivity contribution in [2.75, 3.05) is 0 Å². The molecule has 4 heteroatoms. The number of carbonyl (C=O) groups excluding carboxylic acids is 2. The van der Waals surface area contributed by atoms with Gasteiger partial charge in [0.25, 0.3) is 0 Å². The topological polar surface area (TPSA) is 43.4 Å². The maximum absolute atomic E-state index is 12.5. The Bertz CT molecular complexity index is 758. The normalized spacial score (nSPS) is 37.1. The first-order chi connectivity index (χ1) is 14.7. The third kappa shape index (κ3) is 3.45. The Labute approximate surface area is 198 Å². The van der Waals surface area contributed by atoms with Crippen molar-refractivity contribution in [2.45, 2.75) is 124 Å². The van der Waals surface area contributed by atoms with E-state index in [4.69, 9.17) is 4.43 Å². The van der Waals surface area contributed by atoms with Crippen LogP contribution >= 0.6 is 0 Å². The highest BCUT2D eigenvalue weighted by molar-refractivity contribution is 6.77. The number of aldehydes is 2.